The topological polar surface area (TPSA) is 124 Å². The van der Waals surface area contributed by atoms with Crippen LogP contribution >= 0.6 is 12.4 Å². The van der Waals surface area contributed by atoms with Crippen molar-refractivity contribution in [2.24, 2.45) is 0 Å². The normalized spacial score (nSPS) is 17.4. The first-order chi connectivity index (χ1) is 22.5. The predicted octanol–water partition coefficient (Wildman–Crippen LogP) is 6.35. The zero-order chi connectivity index (χ0) is 32.1. The Labute approximate surface area is 280 Å². The Morgan fingerprint density at radius 2 is 1.15 bits per heavy atom. The average Bonchev–Trinajstić information content (AvgIpc) is 3.09. The largest absolute Gasteiger partial charge is 0.494 e. The van der Waals surface area contributed by atoms with Crippen molar-refractivity contribution in [3.8, 4) is 5.75 Å². The van der Waals surface area contributed by atoms with Crippen LogP contribution in [0.25, 0.3) is 0 Å². The third kappa shape index (κ3) is 10.6. The van der Waals surface area contributed by atoms with Gasteiger partial charge in [0.25, 0.3) is 0 Å². The highest BCUT2D eigenvalue weighted by Crippen LogP contribution is 2.32. The molecule has 5 rings (SSSR count). The van der Waals surface area contributed by atoms with Gasteiger partial charge in [-0.2, -0.15) is 0 Å². The van der Waals surface area contributed by atoms with Crippen LogP contribution in [0.15, 0.2) is 103 Å². The van der Waals surface area contributed by atoms with Crippen molar-refractivity contribution in [2.75, 3.05) is 26.3 Å². The van der Waals surface area contributed by atoms with Crippen LogP contribution in [-0.4, -0.2) is 60.7 Å². The number of carboxylic acids is 2. The van der Waals surface area contributed by atoms with E-state index < -0.39 is 11.9 Å². The number of aromatic carboxylic acids is 2. The molecule has 248 valence electrons. The van der Waals surface area contributed by atoms with E-state index in [-0.39, 0.29) is 41.7 Å². The summed E-state index contributed by atoms with van der Waals surface area (Å²) in [6, 6.07) is 31.5. The van der Waals surface area contributed by atoms with Crippen LogP contribution in [0.5, 0.6) is 5.75 Å². The lowest BCUT2D eigenvalue weighted by molar-refractivity contribution is -0.0650. The van der Waals surface area contributed by atoms with Crippen LogP contribution in [0.1, 0.15) is 55.3 Å². The second-order valence-corrected chi connectivity index (χ2v) is 11.2. The maximum Gasteiger partial charge on any atom is 0.335 e. The third-order valence-corrected chi connectivity index (χ3v) is 7.90. The number of halogens is 1. The van der Waals surface area contributed by atoms with E-state index >= 15 is 0 Å². The van der Waals surface area contributed by atoms with Gasteiger partial charge in [0.15, 0.2) is 0 Å². The Balaban J connectivity index is 0.00000500. The van der Waals surface area contributed by atoms with Crippen molar-refractivity contribution in [2.45, 2.75) is 44.4 Å². The van der Waals surface area contributed by atoms with Gasteiger partial charge in [0.05, 0.1) is 56.4 Å². The van der Waals surface area contributed by atoms with Gasteiger partial charge in [-0.15, -0.1) is 12.4 Å². The molecule has 0 aromatic heterocycles. The number of rotatable bonds is 16. The molecule has 1 saturated heterocycles. The molecular weight excluding hydrogens is 622 g/mol. The molecule has 1 aliphatic heterocycles. The first-order valence-corrected chi connectivity index (χ1v) is 15.4. The van der Waals surface area contributed by atoms with Gasteiger partial charge in [-0.25, -0.2) is 9.59 Å². The minimum atomic E-state index is -0.967. The van der Waals surface area contributed by atoms with E-state index in [1.165, 1.54) is 0 Å². The molecule has 0 amide bonds. The summed E-state index contributed by atoms with van der Waals surface area (Å²) in [5.41, 5.74) is 4.41. The van der Waals surface area contributed by atoms with Crippen LogP contribution in [0, 0.1) is 0 Å². The van der Waals surface area contributed by atoms with Gasteiger partial charge >= 0.3 is 11.9 Å². The van der Waals surface area contributed by atoms with Gasteiger partial charge in [0, 0.05) is 25.4 Å². The van der Waals surface area contributed by atoms with Crippen molar-refractivity contribution >= 4 is 24.3 Å². The van der Waals surface area contributed by atoms with Gasteiger partial charge in [0.2, 0.25) is 0 Å². The van der Waals surface area contributed by atoms with E-state index in [1.807, 2.05) is 54.6 Å². The molecule has 10 heteroatoms. The van der Waals surface area contributed by atoms with Crippen molar-refractivity contribution in [3.63, 3.8) is 0 Å². The summed E-state index contributed by atoms with van der Waals surface area (Å²) in [6.07, 6.45) is 0.330. The summed E-state index contributed by atoms with van der Waals surface area (Å²) in [6.45, 7) is 3.61. The van der Waals surface area contributed by atoms with Crippen molar-refractivity contribution in [1.82, 2.24) is 5.32 Å². The Morgan fingerprint density at radius 3 is 1.66 bits per heavy atom. The fraction of sp³-hybridized carbons (Fsp3) is 0.297. The van der Waals surface area contributed by atoms with E-state index in [2.05, 4.69) is 5.32 Å². The average molecular weight is 662 g/mol. The molecule has 1 heterocycles. The lowest BCUT2D eigenvalue weighted by Gasteiger charge is -2.39. The highest BCUT2D eigenvalue weighted by Gasteiger charge is 2.36. The molecule has 3 N–H and O–H groups in total. The number of carboxylic acid groups (broad SMARTS) is 2. The van der Waals surface area contributed by atoms with Crippen LogP contribution in [0.3, 0.4) is 0 Å². The summed E-state index contributed by atoms with van der Waals surface area (Å²) in [5.74, 6) is -1.26. The zero-order valence-corrected chi connectivity index (χ0v) is 26.8. The molecule has 3 atom stereocenters. The summed E-state index contributed by atoms with van der Waals surface area (Å²) < 4.78 is 24.6. The number of ether oxygens (including phenoxy) is 4. The molecule has 0 saturated carbocycles. The lowest BCUT2D eigenvalue weighted by atomic mass is 9.85. The fourth-order valence-corrected chi connectivity index (χ4v) is 5.41. The summed E-state index contributed by atoms with van der Waals surface area (Å²) >= 11 is 0. The minimum absolute atomic E-state index is 0. The zero-order valence-electron chi connectivity index (χ0n) is 26.0. The molecule has 0 unspecified atom stereocenters. The predicted molar refractivity (Wildman–Crippen MR) is 179 cm³/mol. The minimum Gasteiger partial charge on any atom is -0.494 e. The molecule has 0 bridgehead atoms. The summed E-state index contributed by atoms with van der Waals surface area (Å²) in [7, 11) is 0. The first-order valence-electron chi connectivity index (χ1n) is 15.4. The first kappa shape index (κ1) is 35.6. The molecule has 9 nitrogen and oxygen atoms in total. The molecule has 0 spiro atoms. The van der Waals surface area contributed by atoms with E-state index in [4.69, 9.17) is 18.9 Å². The third-order valence-electron chi connectivity index (χ3n) is 7.90. The Morgan fingerprint density at radius 1 is 0.638 bits per heavy atom. The van der Waals surface area contributed by atoms with Crippen LogP contribution in [0.4, 0.5) is 0 Å². The Hall–Kier alpha value is -4.25. The summed E-state index contributed by atoms with van der Waals surface area (Å²) in [4.78, 5) is 22.5. The molecule has 1 fully saturated rings. The Bertz CT molecular complexity index is 1460. The van der Waals surface area contributed by atoms with Crippen LogP contribution < -0.4 is 10.1 Å². The van der Waals surface area contributed by atoms with Gasteiger partial charge < -0.3 is 34.5 Å². The van der Waals surface area contributed by atoms with Gasteiger partial charge in [-0.3, -0.25) is 0 Å². The van der Waals surface area contributed by atoms with Crippen LogP contribution in [0.2, 0.25) is 0 Å². The number of piperidine rings is 1. The molecule has 47 heavy (non-hydrogen) atoms. The maximum atomic E-state index is 11.2. The number of nitrogens with one attached hydrogen (secondary N) is 1. The summed E-state index contributed by atoms with van der Waals surface area (Å²) in [5, 5.41) is 21.9. The van der Waals surface area contributed by atoms with E-state index in [0.29, 0.717) is 46.1 Å². The molecule has 0 radical (unpaired) electrons. The molecule has 4 aromatic rings. The number of benzene rings is 4. The fourth-order valence-electron chi connectivity index (χ4n) is 5.41. The van der Waals surface area contributed by atoms with E-state index in [1.54, 1.807) is 48.5 Å². The standard InChI is InChI=1S/C37H39NO8.ClH/c39-36(40)30-11-7-27(8-12-30)24-45-33-21-38-22-34(46-25-28-9-13-31(14-10-28)37(41)42)35(33)29-15-17-32(18-16-29)44-20-4-19-43-23-26-5-2-1-3-6-26;/h1-3,5-18,33-35,38H,4,19-25H2,(H,39,40)(H,41,42);1H/t33-,34+,35-;. The second kappa shape index (κ2) is 18.2. The SMILES string of the molecule is Cl.O=C(O)c1ccc(CO[C@H]2CNC[C@@H](OCc3ccc(C(=O)O)cc3)[C@H]2c2ccc(OCCCOCc3ccccc3)cc2)cc1. The van der Waals surface area contributed by atoms with Crippen molar-refractivity contribution in [1.29, 1.82) is 0 Å². The second-order valence-electron chi connectivity index (χ2n) is 11.2. The molecular formula is C37H40ClNO8. The maximum absolute atomic E-state index is 11.2. The number of hydrogen-bond acceptors (Lipinski definition) is 7. The number of carbonyl (C=O) groups is 2. The quantitative estimate of drug-likeness (QED) is 0.118. The molecule has 4 aromatic carbocycles. The van der Waals surface area contributed by atoms with Gasteiger partial charge in [0.1, 0.15) is 5.75 Å². The Kier molecular flexibility index (Phi) is 13.8. The van der Waals surface area contributed by atoms with Gasteiger partial charge in [-0.1, -0.05) is 66.7 Å². The molecule has 0 aliphatic carbocycles. The van der Waals surface area contributed by atoms with Crippen molar-refractivity contribution in [3.05, 3.63) is 137 Å². The van der Waals surface area contributed by atoms with E-state index in [0.717, 1.165) is 34.4 Å². The lowest BCUT2D eigenvalue weighted by Crippen LogP contribution is -2.50. The monoisotopic (exact) mass is 661 g/mol. The van der Waals surface area contributed by atoms with Crippen molar-refractivity contribution < 1.29 is 38.7 Å². The van der Waals surface area contributed by atoms with E-state index in [9.17, 15) is 19.8 Å². The highest BCUT2D eigenvalue weighted by molar-refractivity contribution is 5.88. The van der Waals surface area contributed by atoms with Gasteiger partial charge in [-0.05, 0) is 58.7 Å². The van der Waals surface area contributed by atoms with Crippen LogP contribution in [-0.2, 0) is 34.0 Å². The highest BCUT2D eigenvalue weighted by atomic mass is 35.5. The number of hydrogen-bond donors (Lipinski definition) is 3. The molecule has 1 aliphatic rings. The smallest absolute Gasteiger partial charge is 0.335 e.